The number of piperazine rings is 1. The second-order valence-electron chi connectivity index (χ2n) is 8.89. The van der Waals surface area contributed by atoms with Crippen molar-refractivity contribution < 1.29 is 36.7 Å². The second-order valence-corrected chi connectivity index (χ2v) is 10.8. The fraction of sp³-hybridized carbons (Fsp3) is 0.400. The fourth-order valence-electron chi connectivity index (χ4n) is 4.68. The van der Waals surface area contributed by atoms with Crippen molar-refractivity contribution in [3.05, 3.63) is 53.8 Å². The molecule has 0 unspecified atom stereocenters. The summed E-state index contributed by atoms with van der Waals surface area (Å²) in [6.07, 6.45) is 0.209. The molecule has 38 heavy (non-hydrogen) atoms. The van der Waals surface area contributed by atoms with Crippen molar-refractivity contribution in [3.8, 4) is 11.5 Å². The third-order valence-corrected chi connectivity index (χ3v) is 8.82. The van der Waals surface area contributed by atoms with Crippen LogP contribution in [0.4, 0.5) is 9.18 Å². The highest BCUT2D eigenvalue weighted by molar-refractivity contribution is 7.89. The van der Waals surface area contributed by atoms with Gasteiger partial charge in [0.05, 0.1) is 19.1 Å². The van der Waals surface area contributed by atoms with Crippen LogP contribution in [-0.2, 0) is 25.2 Å². The molecule has 1 N–H and O–H groups in total. The highest BCUT2D eigenvalue weighted by Gasteiger charge is 2.52. The molecular weight excluding hydrogens is 519 g/mol. The largest absolute Gasteiger partial charge is 0.493 e. The average Bonchev–Trinajstić information content (AvgIpc) is 3.18. The minimum Gasteiger partial charge on any atom is -0.493 e. The number of methoxy groups -OCH3 is 2. The van der Waals surface area contributed by atoms with E-state index in [-0.39, 0.29) is 43.2 Å². The van der Waals surface area contributed by atoms with Gasteiger partial charge in [0, 0.05) is 32.2 Å². The zero-order valence-electron chi connectivity index (χ0n) is 21.3. The highest BCUT2D eigenvalue weighted by Crippen LogP contribution is 2.33. The molecule has 2 heterocycles. The molecule has 1 atom stereocenters. The Morgan fingerprint density at radius 1 is 1.00 bits per heavy atom. The summed E-state index contributed by atoms with van der Waals surface area (Å²) in [6, 6.07) is 8.86. The van der Waals surface area contributed by atoms with Crippen molar-refractivity contribution in [3.63, 3.8) is 0 Å². The van der Waals surface area contributed by atoms with E-state index in [4.69, 9.17) is 9.47 Å². The van der Waals surface area contributed by atoms with E-state index in [9.17, 15) is 27.2 Å². The number of hydrogen-bond donors (Lipinski definition) is 1. The Balaban J connectivity index is 1.42. The third-order valence-electron chi connectivity index (χ3n) is 6.92. The Morgan fingerprint density at radius 2 is 1.63 bits per heavy atom. The maximum absolute atomic E-state index is 13.4. The second kappa shape index (κ2) is 10.6. The van der Waals surface area contributed by atoms with Crippen LogP contribution in [0.15, 0.2) is 47.4 Å². The zero-order chi connectivity index (χ0) is 27.7. The molecule has 0 aliphatic carbocycles. The molecule has 2 fully saturated rings. The van der Waals surface area contributed by atoms with Gasteiger partial charge in [-0.2, -0.15) is 4.31 Å². The van der Waals surface area contributed by atoms with Crippen LogP contribution in [0.25, 0.3) is 0 Å². The fourth-order valence-corrected chi connectivity index (χ4v) is 6.12. The van der Waals surface area contributed by atoms with Gasteiger partial charge in [0.2, 0.25) is 15.9 Å². The van der Waals surface area contributed by atoms with Crippen LogP contribution in [0.5, 0.6) is 11.5 Å². The summed E-state index contributed by atoms with van der Waals surface area (Å²) in [5.74, 6) is -0.882. The molecule has 0 bridgehead atoms. The molecule has 2 aliphatic heterocycles. The Bertz CT molecular complexity index is 1340. The number of imide groups is 1. The number of rotatable bonds is 8. The first-order chi connectivity index (χ1) is 18.1. The first-order valence-corrected chi connectivity index (χ1v) is 13.4. The van der Waals surface area contributed by atoms with Crippen molar-refractivity contribution in [1.29, 1.82) is 0 Å². The molecule has 11 nitrogen and oxygen atoms in total. The lowest BCUT2D eigenvalue weighted by Crippen LogP contribution is -2.53. The topological polar surface area (TPSA) is 126 Å². The lowest BCUT2D eigenvalue weighted by atomic mass is 9.87. The van der Waals surface area contributed by atoms with E-state index in [1.807, 2.05) is 0 Å². The summed E-state index contributed by atoms with van der Waals surface area (Å²) in [7, 11) is -0.995. The number of carbonyl (C=O) groups excluding carboxylic acids is 3. The van der Waals surface area contributed by atoms with Crippen LogP contribution >= 0.6 is 0 Å². The van der Waals surface area contributed by atoms with Crippen molar-refractivity contribution in [2.45, 2.75) is 23.8 Å². The first kappa shape index (κ1) is 27.3. The van der Waals surface area contributed by atoms with E-state index in [0.29, 0.717) is 11.3 Å². The molecule has 2 aliphatic rings. The van der Waals surface area contributed by atoms with Crippen LogP contribution in [0.3, 0.4) is 0 Å². The number of benzene rings is 2. The lowest BCUT2D eigenvalue weighted by molar-refractivity contribution is -0.139. The molecule has 4 amide bonds. The summed E-state index contributed by atoms with van der Waals surface area (Å²) in [5.41, 5.74) is -0.972. The number of sulfonamides is 1. The van der Waals surface area contributed by atoms with E-state index < -0.39 is 45.8 Å². The van der Waals surface area contributed by atoms with Crippen LogP contribution in [0, 0.1) is 5.82 Å². The van der Waals surface area contributed by atoms with Gasteiger partial charge >= 0.3 is 6.03 Å². The molecule has 2 aromatic carbocycles. The number of halogens is 1. The van der Waals surface area contributed by atoms with Gasteiger partial charge in [-0.05, 0) is 36.2 Å². The third kappa shape index (κ3) is 4.78. The number of carbonyl (C=O) groups is 3. The lowest BCUT2D eigenvalue weighted by Gasteiger charge is -2.34. The van der Waals surface area contributed by atoms with Crippen molar-refractivity contribution in [2.75, 3.05) is 46.9 Å². The molecule has 0 spiro atoms. The average molecular weight is 549 g/mol. The number of urea groups is 1. The highest BCUT2D eigenvalue weighted by atomic mass is 32.2. The van der Waals surface area contributed by atoms with Gasteiger partial charge in [-0.1, -0.05) is 19.1 Å². The first-order valence-electron chi connectivity index (χ1n) is 12.0. The predicted molar refractivity (Wildman–Crippen MR) is 133 cm³/mol. The van der Waals surface area contributed by atoms with E-state index in [0.717, 1.165) is 4.90 Å². The number of nitrogens with zero attached hydrogens (tertiary/aromatic N) is 3. The van der Waals surface area contributed by atoms with Gasteiger partial charge in [-0.15, -0.1) is 0 Å². The smallest absolute Gasteiger partial charge is 0.325 e. The Hall–Kier alpha value is -3.71. The monoisotopic (exact) mass is 548 g/mol. The summed E-state index contributed by atoms with van der Waals surface area (Å²) >= 11 is 0. The summed E-state index contributed by atoms with van der Waals surface area (Å²) < 4.78 is 51.3. The molecule has 0 saturated carbocycles. The van der Waals surface area contributed by atoms with Gasteiger partial charge in [-0.3, -0.25) is 14.5 Å². The minimum atomic E-state index is -3.86. The maximum atomic E-state index is 13.4. The summed E-state index contributed by atoms with van der Waals surface area (Å²) in [5, 5.41) is 2.66. The molecule has 0 aromatic heterocycles. The molecule has 13 heteroatoms. The van der Waals surface area contributed by atoms with Gasteiger partial charge in [-0.25, -0.2) is 17.6 Å². The molecule has 2 aromatic rings. The molecular formula is C25H29FN4O7S. The summed E-state index contributed by atoms with van der Waals surface area (Å²) in [4.78, 5) is 41.3. The molecule has 2 saturated heterocycles. The van der Waals surface area contributed by atoms with Crippen LogP contribution in [0.1, 0.15) is 18.9 Å². The van der Waals surface area contributed by atoms with Gasteiger partial charge < -0.3 is 19.7 Å². The normalized spacial score (nSPS) is 20.4. The molecule has 0 radical (unpaired) electrons. The number of hydrogen-bond acceptors (Lipinski definition) is 7. The van der Waals surface area contributed by atoms with Crippen LogP contribution in [0.2, 0.25) is 0 Å². The Kier molecular flexibility index (Phi) is 7.61. The van der Waals surface area contributed by atoms with E-state index >= 15 is 0 Å². The minimum absolute atomic E-state index is 0.0333. The van der Waals surface area contributed by atoms with Crippen molar-refractivity contribution in [2.24, 2.45) is 0 Å². The number of amides is 4. The van der Waals surface area contributed by atoms with Gasteiger partial charge in [0.1, 0.15) is 17.9 Å². The summed E-state index contributed by atoms with van der Waals surface area (Å²) in [6.45, 7) is 1.48. The standard InChI is InChI=1S/C25H29FN4O7S/c1-4-25(17-5-7-18(26)8-6-17)23(32)30(24(33)27-25)16-22(31)28-11-13-29(14-12-28)38(34,35)19-9-10-20(36-2)21(15-19)37-3/h5-10,15H,4,11-14,16H2,1-3H3,(H,27,33)/t25-/m1/s1. The van der Waals surface area contributed by atoms with Crippen LogP contribution in [-0.4, -0.2) is 87.3 Å². The van der Waals surface area contributed by atoms with Gasteiger partial charge in [0.25, 0.3) is 5.91 Å². The SMILES string of the molecule is CC[C@]1(c2ccc(F)cc2)NC(=O)N(CC(=O)N2CCN(S(=O)(=O)c3ccc(OC)c(OC)c3)CC2)C1=O. The number of ether oxygens (including phenoxy) is 2. The predicted octanol–water partition coefficient (Wildman–Crippen LogP) is 1.53. The maximum Gasteiger partial charge on any atom is 0.325 e. The van der Waals surface area contributed by atoms with Crippen molar-refractivity contribution >= 4 is 27.9 Å². The van der Waals surface area contributed by atoms with E-state index in [2.05, 4.69) is 5.32 Å². The Morgan fingerprint density at radius 3 is 2.21 bits per heavy atom. The molecule has 204 valence electrons. The Labute approximate surface area is 220 Å². The van der Waals surface area contributed by atoms with Crippen LogP contribution < -0.4 is 14.8 Å². The quantitative estimate of drug-likeness (QED) is 0.496. The van der Waals surface area contributed by atoms with E-state index in [1.165, 1.54) is 65.9 Å². The number of nitrogens with one attached hydrogen (secondary N) is 1. The van der Waals surface area contributed by atoms with Crippen molar-refractivity contribution in [1.82, 2.24) is 19.4 Å². The molecule has 4 rings (SSSR count). The van der Waals surface area contributed by atoms with E-state index in [1.54, 1.807) is 6.92 Å². The zero-order valence-corrected chi connectivity index (χ0v) is 22.1. The van der Waals surface area contributed by atoms with Gasteiger partial charge in [0.15, 0.2) is 11.5 Å².